The highest BCUT2D eigenvalue weighted by Gasteiger charge is 2.11. The van der Waals surface area contributed by atoms with Crippen molar-refractivity contribution in [2.75, 3.05) is 0 Å². The van der Waals surface area contributed by atoms with Crippen molar-refractivity contribution in [3.63, 3.8) is 0 Å². The molecule has 2 aromatic rings. The van der Waals surface area contributed by atoms with Crippen molar-refractivity contribution in [1.82, 2.24) is 9.78 Å². The van der Waals surface area contributed by atoms with Crippen LogP contribution in [0.4, 0.5) is 0 Å². The number of nitrogens with two attached hydrogens (primary N) is 1. The smallest absolute Gasteiger partial charge is 0.101 e. The van der Waals surface area contributed by atoms with Gasteiger partial charge in [0.05, 0.1) is 22.8 Å². The summed E-state index contributed by atoms with van der Waals surface area (Å²) in [5.41, 5.74) is 8.87. The molecule has 2 N–H and O–H groups in total. The molecule has 19 heavy (non-hydrogen) atoms. The van der Waals surface area contributed by atoms with E-state index in [9.17, 15) is 0 Å². The van der Waals surface area contributed by atoms with Crippen LogP contribution in [0.2, 0.25) is 5.02 Å². The van der Waals surface area contributed by atoms with Gasteiger partial charge in [-0.25, -0.2) is 0 Å². The highest BCUT2D eigenvalue weighted by Crippen LogP contribution is 2.29. The number of nitriles is 1. The van der Waals surface area contributed by atoms with Crippen LogP contribution in [-0.2, 0) is 6.54 Å². The Morgan fingerprint density at radius 2 is 2.21 bits per heavy atom. The van der Waals surface area contributed by atoms with Gasteiger partial charge in [0.15, 0.2) is 0 Å². The summed E-state index contributed by atoms with van der Waals surface area (Å²) >= 11 is 6.16. The first-order chi connectivity index (χ1) is 9.02. The molecule has 1 heterocycles. The fourth-order valence-corrected chi connectivity index (χ4v) is 2.16. The summed E-state index contributed by atoms with van der Waals surface area (Å²) in [6.07, 6.45) is 1.89. The van der Waals surface area contributed by atoms with E-state index in [4.69, 9.17) is 22.6 Å². The lowest BCUT2D eigenvalue weighted by atomic mass is 10.0. The Labute approximate surface area is 117 Å². The van der Waals surface area contributed by atoms with Crippen LogP contribution in [0.1, 0.15) is 18.1 Å². The fourth-order valence-electron chi connectivity index (χ4n) is 1.95. The van der Waals surface area contributed by atoms with Gasteiger partial charge in [0.2, 0.25) is 0 Å². The highest BCUT2D eigenvalue weighted by molar-refractivity contribution is 6.32. The summed E-state index contributed by atoms with van der Waals surface area (Å²) < 4.78 is 1.81. The van der Waals surface area contributed by atoms with Crippen LogP contribution < -0.4 is 5.73 Å². The van der Waals surface area contributed by atoms with Crippen LogP contribution in [0.25, 0.3) is 11.3 Å². The van der Waals surface area contributed by atoms with E-state index < -0.39 is 0 Å². The van der Waals surface area contributed by atoms with Crippen LogP contribution in [0.5, 0.6) is 0 Å². The molecule has 0 unspecified atom stereocenters. The van der Waals surface area contributed by atoms with Crippen molar-refractivity contribution >= 4 is 11.6 Å². The summed E-state index contributed by atoms with van der Waals surface area (Å²) in [6.45, 7) is 4.50. The Kier molecular flexibility index (Phi) is 3.89. The van der Waals surface area contributed by atoms with Crippen LogP contribution in [0, 0.1) is 18.3 Å². The van der Waals surface area contributed by atoms with Gasteiger partial charge in [0.25, 0.3) is 0 Å². The molecule has 0 saturated heterocycles. The third kappa shape index (κ3) is 2.78. The molecular weight excluding hydrogens is 260 g/mol. The first-order valence-corrected chi connectivity index (χ1v) is 6.39. The molecular formula is C14H15ClN4. The second kappa shape index (κ2) is 5.43. The summed E-state index contributed by atoms with van der Waals surface area (Å²) in [6, 6.07) is 7.64. The van der Waals surface area contributed by atoms with Crippen molar-refractivity contribution in [3.05, 3.63) is 40.5 Å². The zero-order chi connectivity index (χ0) is 14.0. The van der Waals surface area contributed by atoms with Gasteiger partial charge in [-0.05, 0) is 31.5 Å². The third-order valence-electron chi connectivity index (χ3n) is 2.90. The van der Waals surface area contributed by atoms with E-state index >= 15 is 0 Å². The van der Waals surface area contributed by atoms with Crippen LogP contribution in [0.15, 0.2) is 24.4 Å². The highest BCUT2D eigenvalue weighted by atomic mass is 35.5. The lowest BCUT2D eigenvalue weighted by Crippen LogP contribution is -2.22. The van der Waals surface area contributed by atoms with Gasteiger partial charge in [-0.15, -0.1) is 0 Å². The summed E-state index contributed by atoms with van der Waals surface area (Å²) in [5.74, 6) is 0. The minimum absolute atomic E-state index is 0.0541. The Bertz CT molecular complexity index is 637. The van der Waals surface area contributed by atoms with Crippen molar-refractivity contribution < 1.29 is 0 Å². The molecule has 0 fully saturated rings. The first kappa shape index (κ1) is 13.6. The molecule has 0 spiro atoms. The molecule has 1 aromatic heterocycles. The summed E-state index contributed by atoms with van der Waals surface area (Å²) in [5, 5.41) is 13.9. The van der Waals surface area contributed by atoms with Gasteiger partial charge >= 0.3 is 0 Å². The van der Waals surface area contributed by atoms with Crippen molar-refractivity contribution in [3.8, 4) is 17.3 Å². The van der Waals surface area contributed by atoms with E-state index in [2.05, 4.69) is 11.2 Å². The van der Waals surface area contributed by atoms with Gasteiger partial charge in [-0.2, -0.15) is 10.4 Å². The van der Waals surface area contributed by atoms with E-state index in [-0.39, 0.29) is 6.04 Å². The maximum absolute atomic E-state index is 8.94. The lowest BCUT2D eigenvalue weighted by Gasteiger charge is -2.07. The average Bonchev–Trinajstić information content (AvgIpc) is 2.80. The van der Waals surface area contributed by atoms with E-state index in [1.54, 1.807) is 6.07 Å². The molecule has 0 aliphatic carbocycles. The fraction of sp³-hybridized carbons (Fsp3) is 0.286. The molecule has 1 aromatic carbocycles. The monoisotopic (exact) mass is 274 g/mol. The average molecular weight is 275 g/mol. The van der Waals surface area contributed by atoms with Crippen LogP contribution in [-0.4, -0.2) is 15.8 Å². The molecule has 0 aliphatic rings. The molecule has 98 valence electrons. The number of hydrogen-bond acceptors (Lipinski definition) is 3. The number of hydrogen-bond donors (Lipinski definition) is 1. The standard InChI is InChI=1S/C14H15ClN4/c1-9(17)8-19-6-5-13(18-19)12-4-3-11(7-16)14(15)10(12)2/h3-6,9H,8,17H2,1-2H3/t9-/m0/s1. The summed E-state index contributed by atoms with van der Waals surface area (Å²) in [4.78, 5) is 0. The van der Waals surface area contributed by atoms with Crippen molar-refractivity contribution in [2.45, 2.75) is 26.4 Å². The van der Waals surface area contributed by atoms with E-state index in [1.807, 2.05) is 36.9 Å². The molecule has 0 saturated carbocycles. The minimum Gasteiger partial charge on any atom is -0.326 e. The predicted octanol–water partition coefficient (Wildman–Crippen LogP) is 2.73. The second-order valence-corrected chi connectivity index (χ2v) is 4.99. The second-order valence-electron chi connectivity index (χ2n) is 4.61. The van der Waals surface area contributed by atoms with Gasteiger partial charge in [0, 0.05) is 17.8 Å². The number of halogens is 1. The molecule has 0 bridgehead atoms. The van der Waals surface area contributed by atoms with Gasteiger partial charge < -0.3 is 5.73 Å². The molecule has 5 heteroatoms. The topological polar surface area (TPSA) is 67.6 Å². The molecule has 0 amide bonds. The maximum Gasteiger partial charge on any atom is 0.101 e. The Morgan fingerprint density at radius 1 is 1.47 bits per heavy atom. The molecule has 0 radical (unpaired) electrons. The number of nitrogens with zero attached hydrogens (tertiary/aromatic N) is 3. The summed E-state index contributed by atoms with van der Waals surface area (Å²) in [7, 11) is 0. The van der Waals surface area contributed by atoms with E-state index in [0.717, 1.165) is 16.8 Å². The number of benzene rings is 1. The van der Waals surface area contributed by atoms with Gasteiger partial charge in [-0.1, -0.05) is 17.7 Å². The Hall–Kier alpha value is -1.83. The first-order valence-electron chi connectivity index (χ1n) is 6.01. The van der Waals surface area contributed by atoms with Crippen molar-refractivity contribution in [2.24, 2.45) is 5.73 Å². The van der Waals surface area contributed by atoms with Gasteiger partial charge in [0.1, 0.15) is 6.07 Å². The lowest BCUT2D eigenvalue weighted by molar-refractivity contribution is 0.540. The predicted molar refractivity (Wildman–Crippen MR) is 75.8 cm³/mol. The maximum atomic E-state index is 8.94. The molecule has 2 rings (SSSR count). The van der Waals surface area contributed by atoms with Crippen LogP contribution >= 0.6 is 11.6 Å². The zero-order valence-electron chi connectivity index (χ0n) is 10.9. The Morgan fingerprint density at radius 3 is 2.84 bits per heavy atom. The van der Waals surface area contributed by atoms with Crippen molar-refractivity contribution in [1.29, 1.82) is 5.26 Å². The molecule has 4 nitrogen and oxygen atoms in total. The third-order valence-corrected chi connectivity index (χ3v) is 3.39. The molecule has 0 aliphatic heterocycles. The quantitative estimate of drug-likeness (QED) is 0.936. The number of rotatable bonds is 3. The zero-order valence-corrected chi connectivity index (χ0v) is 11.6. The largest absolute Gasteiger partial charge is 0.326 e. The minimum atomic E-state index is 0.0541. The normalized spacial score (nSPS) is 12.2. The van der Waals surface area contributed by atoms with E-state index in [1.165, 1.54) is 0 Å². The Balaban J connectivity index is 2.40. The number of aromatic nitrogens is 2. The molecule has 1 atom stereocenters. The van der Waals surface area contributed by atoms with Crippen LogP contribution in [0.3, 0.4) is 0 Å². The van der Waals surface area contributed by atoms with E-state index in [0.29, 0.717) is 17.1 Å². The van der Waals surface area contributed by atoms with Gasteiger partial charge in [-0.3, -0.25) is 4.68 Å². The SMILES string of the molecule is Cc1c(-c2ccn(C[C@H](C)N)n2)ccc(C#N)c1Cl.